The molecule has 32 heteroatoms. The first-order valence-electron chi connectivity index (χ1n) is 38.7. The molecule has 2 saturated heterocycles. The summed E-state index contributed by atoms with van der Waals surface area (Å²) in [4.78, 5) is 176. The fourth-order valence-corrected chi connectivity index (χ4v) is 16.1. The standard InChI is InChI=1S/C38H57N7O8.C29H41N5O7.C9H18N2O2.ClH/c1-6-11-25(30(46)35(50)41-23-16-17-23)42-34(49)29-24-15-10-14-22(24)20-45(29)36(51)31(38(2,3)4)44-33(48)28(21-12-8-7-9-13-21)43-32(47)26-18-40-27(19-39-26)37(52)53-5;1-29(2,3)23(26(37)34-15-17-11-8-12-18(17)22(34)27(38)39)33-25(36)21(16-9-6-5-7-10-16)32-24(35)19-13-31-20(14-30-19)28(40)41-4;1-2-3-7(10)8(12)9(13)11-6-4-5-6;/h18-19,21-25,28-31,46H,6-17,20H2,1-5H3,(H,41,50)(H,42,49)(H,43,47)(H,44,48);13-14,16-18,21-23H,5-12,15H2,1-4H3,(H,32,35)(H,33,36)(H,38,39);6-8,12H,2-5,10H2,1H3,(H,11,13);1H/t22-,24-,25-,28-,29-,30?,31+;17-,18-,21-,22-,23+;7-,8?;/m000./s1. The first kappa shape index (κ1) is 87.2. The number of likely N-dealkylation sites (tertiary alicyclic amines) is 2. The third-order valence-electron chi connectivity index (χ3n) is 22.3. The number of esters is 2. The SMILES string of the molecule is CCC[C@H](N)C(O)C(=O)NC1CC1.CCC[C@H](NC(=O)[C@@H]1[C@H]2CCC[C@H]2CN1C(=O)[C@@H](NC(=O)[C@@H](NC(=O)c1cnc(C(=O)OC)cn1)C1CCCCC1)C(C)(C)C)C(O)C(=O)NC1CC1.COC(=O)c1cnc(C(=O)N[C@H](C(=O)N[C@H](C(=O)N2C[C@@H]3CCC[C@@H]3[C@H]2C(=O)O)C(C)(C)C)C2CCCCC2)cn1.Cl. The number of ether oxygens (including phenoxy) is 2. The summed E-state index contributed by atoms with van der Waals surface area (Å²) >= 11 is 0. The van der Waals surface area contributed by atoms with Crippen LogP contribution in [-0.2, 0) is 47.8 Å². The Kier molecular flexibility index (Phi) is 31.9. The zero-order valence-corrected chi connectivity index (χ0v) is 65.1. The third kappa shape index (κ3) is 23.0. The Morgan fingerprint density at radius 1 is 0.491 bits per heavy atom. The largest absolute Gasteiger partial charge is 0.480 e. The van der Waals surface area contributed by atoms with Crippen molar-refractivity contribution < 1.29 is 82.3 Å². The lowest BCUT2D eigenvalue weighted by Crippen LogP contribution is -2.62. The van der Waals surface area contributed by atoms with E-state index in [1.54, 1.807) is 4.90 Å². The highest BCUT2D eigenvalue weighted by atomic mass is 35.5. The van der Waals surface area contributed by atoms with Crippen molar-refractivity contribution in [2.24, 2.45) is 52.1 Å². The van der Waals surface area contributed by atoms with Crippen molar-refractivity contribution in [1.82, 2.24) is 67.0 Å². The highest BCUT2D eigenvalue weighted by Crippen LogP contribution is 2.45. The molecule has 0 spiro atoms. The number of nitrogens with zero attached hydrogens (tertiary/aromatic N) is 6. The van der Waals surface area contributed by atoms with E-state index in [1.165, 1.54) is 19.1 Å². The molecule has 4 heterocycles. The van der Waals surface area contributed by atoms with Gasteiger partial charge in [0, 0.05) is 31.2 Å². The molecule has 9 amide bonds. The van der Waals surface area contributed by atoms with Crippen molar-refractivity contribution in [3.8, 4) is 0 Å². The van der Waals surface area contributed by atoms with Crippen LogP contribution in [0.2, 0.25) is 0 Å². The average Bonchev–Trinajstić information content (AvgIpc) is 1.61. The summed E-state index contributed by atoms with van der Waals surface area (Å²) < 4.78 is 9.27. The number of nitrogens with two attached hydrogens (primary N) is 1. The molecular weight excluding hydrogens is 1420 g/mol. The van der Waals surface area contributed by atoms with Crippen LogP contribution in [0.3, 0.4) is 0 Å². The number of nitrogens with one attached hydrogen (secondary N) is 7. The van der Waals surface area contributed by atoms with Crippen molar-refractivity contribution in [1.29, 1.82) is 0 Å². The molecule has 2 unspecified atom stereocenters. The van der Waals surface area contributed by atoms with E-state index in [1.807, 2.05) is 55.4 Å². The number of aromatic nitrogens is 4. The highest BCUT2D eigenvalue weighted by molar-refractivity contribution is 6.00. The van der Waals surface area contributed by atoms with E-state index in [-0.39, 0.29) is 88.7 Å². The van der Waals surface area contributed by atoms with Crippen molar-refractivity contribution in [2.75, 3.05) is 27.3 Å². The maximum atomic E-state index is 14.7. The Balaban J connectivity index is 0.000000261. The Morgan fingerprint density at radius 3 is 1.23 bits per heavy atom. The second-order valence-electron chi connectivity index (χ2n) is 32.6. The fourth-order valence-electron chi connectivity index (χ4n) is 16.1. The molecule has 8 fully saturated rings. The van der Waals surface area contributed by atoms with E-state index in [0.29, 0.717) is 45.2 Å². The normalized spacial score (nSPS) is 23.4. The van der Waals surface area contributed by atoms with Crippen molar-refractivity contribution in [3.05, 3.63) is 47.6 Å². The summed E-state index contributed by atoms with van der Waals surface area (Å²) in [5.74, 6) is -6.95. The van der Waals surface area contributed by atoms with Crippen molar-refractivity contribution >= 4 is 83.5 Å². The minimum atomic E-state index is -1.42. The maximum absolute atomic E-state index is 14.7. The zero-order valence-electron chi connectivity index (χ0n) is 64.3. The van der Waals surface area contributed by atoms with Gasteiger partial charge >= 0.3 is 17.9 Å². The number of methoxy groups -OCH3 is 2. The minimum absolute atomic E-state index is 0. The van der Waals surface area contributed by atoms with Gasteiger partial charge in [0.1, 0.15) is 53.7 Å². The van der Waals surface area contributed by atoms with Crippen LogP contribution in [0.1, 0.15) is 251 Å². The van der Waals surface area contributed by atoms with Crippen molar-refractivity contribution in [3.63, 3.8) is 0 Å². The molecule has 14 atom stereocenters. The lowest BCUT2D eigenvalue weighted by atomic mass is 9.82. The molecule has 31 nitrogen and oxygen atoms in total. The van der Waals surface area contributed by atoms with Crippen LogP contribution in [0.5, 0.6) is 0 Å². The zero-order chi connectivity index (χ0) is 78.2. The van der Waals surface area contributed by atoms with Crippen LogP contribution in [0.4, 0.5) is 0 Å². The van der Waals surface area contributed by atoms with Gasteiger partial charge in [0.2, 0.25) is 29.5 Å². The number of aliphatic carboxylic acids is 1. The summed E-state index contributed by atoms with van der Waals surface area (Å²) in [5, 5.41) is 50.5. The van der Waals surface area contributed by atoms with Gasteiger partial charge in [-0.15, -0.1) is 12.4 Å². The van der Waals surface area contributed by atoms with Gasteiger partial charge < -0.3 is 77.5 Å². The topological polar surface area (TPSA) is 452 Å². The Hall–Kier alpha value is -8.03. The highest BCUT2D eigenvalue weighted by Gasteiger charge is 2.55. The van der Waals surface area contributed by atoms with Crippen LogP contribution >= 0.6 is 12.4 Å². The number of carboxylic acid groups (broad SMARTS) is 1. The number of halogens is 1. The number of aliphatic hydroxyl groups excluding tert-OH is 2. The van der Waals surface area contributed by atoms with Gasteiger partial charge in [0.25, 0.3) is 23.6 Å². The molecular formula is C76H117ClN14O17. The number of hydrogen-bond donors (Lipinski definition) is 11. The minimum Gasteiger partial charge on any atom is -0.480 e. The number of carboxylic acids is 1. The van der Waals surface area contributed by atoms with Gasteiger partial charge in [-0.05, 0) is 136 Å². The molecule has 2 aromatic rings. The van der Waals surface area contributed by atoms with E-state index in [2.05, 4.69) is 66.6 Å². The Labute approximate surface area is 639 Å². The van der Waals surface area contributed by atoms with Gasteiger partial charge in [-0.2, -0.15) is 0 Å². The fraction of sp³-hybridized carbons (Fsp3) is 0.737. The summed E-state index contributed by atoms with van der Waals surface area (Å²) in [7, 11) is 2.43. The second kappa shape index (κ2) is 39.6. The molecule has 600 valence electrons. The molecule has 8 aliphatic rings. The lowest BCUT2D eigenvalue weighted by molar-refractivity contribution is -0.152. The molecule has 6 saturated carbocycles. The Bertz CT molecular complexity index is 3450. The van der Waals surface area contributed by atoms with E-state index in [0.717, 1.165) is 147 Å². The molecule has 6 aliphatic carbocycles. The van der Waals surface area contributed by atoms with Gasteiger partial charge in [-0.25, -0.2) is 34.3 Å². The predicted octanol–water partition coefficient (Wildman–Crippen LogP) is 4.38. The predicted molar refractivity (Wildman–Crippen MR) is 397 cm³/mol. The summed E-state index contributed by atoms with van der Waals surface area (Å²) in [6, 6.07) is -6.56. The number of rotatable bonds is 27. The maximum Gasteiger partial charge on any atom is 0.358 e. The summed E-state index contributed by atoms with van der Waals surface area (Å²) in [5.41, 5.74) is 3.86. The second-order valence-corrected chi connectivity index (χ2v) is 32.6. The summed E-state index contributed by atoms with van der Waals surface area (Å²) in [6.07, 6.45) is 22.2. The smallest absolute Gasteiger partial charge is 0.358 e. The molecule has 0 aromatic carbocycles. The quantitative estimate of drug-likeness (QED) is 0.0553. The van der Waals surface area contributed by atoms with E-state index < -0.39 is 137 Å². The molecule has 0 radical (unpaired) electrons. The van der Waals surface area contributed by atoms with Gasteiger partial charge in [0.05, 0.1) is 45.0 Å². The number of aliphatic hydroxyl groups is 2. The molecule has 2 aliphatic heterocycles. The lowest BCUT2D eigenvalue weighted by Gasteiger charge is -2.38. The number of fused-ring (bicyclic) bond motifs is 2. The van der Waals surface area contributed by atoms with Crippen LogP contribution in [0, 0.1) is 46.3 Å². The number of carbonyl (C=O) groups is 12. The van der Waals surface area contributed by atoms with Gasteiger partial charge in [-0.1, -0.05) is 120 Å². The first-order valence-corrected chi connectivity index (χ1v) is 38.7. The van der Waals surface area contributed by atoms with Crippen LogP contribution in [0.25, 0.3) is 0 Å². The third-order valence-corrected chi connectivity index (χ3v) is 22.3. The van der Waals surface area contributed by atoms with Crippen molar-refractivity contribution in [2.45, 2.75) is 282 Å². The van der Waals surface area contributed by atoms with Gasteiger partial charge in [0.15, 0.2) is 17.5 Å². The number of amides is 9. The molecule has 0 bridgehead atoms. The average molecular weight is 1530 g/mol. The van der Waals surface area contributed by atoms with Crippen LogP contribution in [-0.4, -0.2) is 216 Å². The van der Waals surface area contributed by atoms with E-state index in [9.17, 15) is 72.9 Å². The monoisotopic (exact) mass is 1530 g/mol. The summed E-state index contributed by atoms with van der Waals surface area (Å²) in [6.45, 7) is 15.6. The van der Waals surface area contributed by atoms with E-state index >= 15 is 0 Å². The van der Waals surface area contributed by atoms with Crippen LogP contribution in [0.15, 0.2) is 24.8 Å². The molecule has 2 aromatic heterocycles. The molecule has 108 heavy (non-hydrogen) atoms. The number of carbonyl (C=O) groups excluding carboxylic acids is 11. The van der Waals surface area contributed by atoms with E-state index in [4.69, 9.17) is 5.73 Å². The Morgan fingerprint density at radius 2 is 0.870 bits per heavy atom. The van der Waals surface area contributed by atoms with Crippen LogP contribution < -0.4 is 43.0 Å². The molecule has 10 rings (SSSR count). The van der Waals surface area contributed by atoms with Gasteiger partial charge in [-0.3, -0.25) is 43.2 Å². The first-order chi connectivity index (χ1) is 50.8. The number of hydrogen-bond acceptors (Lipinski definition) is 21. The molecule has 12 N–H and O–H groups in total.